The lowest BCUT2D eigenvalue weighted by molar-refractivity contribution is 0.272. The lowest BCUT2D eigenvalue weighted by Crippen LogP contribution is -2.35. The number of hydrazine groups is 1. The fraction of sp³-hybridized carbons (Fsp3) is 0.667. The van der Waals surface area contributed by atoms with E-state index in [1.165, 1.54) is 19.3 Å². The topological polar surface area (TPSA) is 53.1 Å². The van der Waals surface area contributed by atoms with Gasteiger partial charge in [-0.1, -0.05) is 13.3 Å². The number of anilines is 2. The normalized spacial score (nSPS) is 16.8. The van der Waals surface area contributed by atoms with E-state index < -0.39 is 0 Å². The molecular weight excluding hydrogens is 214 g/mol. The van der Waals surface area contributed by atoms with Crippen LogP contribution in [0.4, 0.5) is 11.6 Å². The van der Waals surface area contributed by atoms with Gasteiger partial charge in [0.1, 0.15) is 5.82 Å². The van der Waals surface area contributed by atoms with Crippen LogP contribution in [0.25, 0.3) is 0 Å². The van der Waals surface area contributed by atoms with Gasteiger partial charge in [-0.05, 0) is 19.3 Å². The van der Waals surface area contributed by atoms with Crippen LogP contribution < -0.4 is 10.7 Å². The van der Waals surface area contributed by atoms with Gasteiger partial charge in [0, 0.05) is 19.6 Å². The van der Waals surface area contributed by atoms with E-state index >= 15 is 0 Å². The molecule has 5 nitrogen and oxygen atoms in total. The Morgan fingerprint density at radius 2 is 1.94 bits per heavy atom. The maximum absolute atomic E-state index is 4.48. The van der Waals surface area contributed by atoms with E-state index in [1.54, 1.807) is 12.4 Å². The smallest absolute Gasteiger partial charge is 0.161 e. The molecule has 2 N–H and O–H groups in total. The van der Waals surface area contributed by atoms with Crippen molar-refractivity contribution < 1.29 is 0 Å². The van der Waals surface area contributed by atoms with Crippen molar-refractivity contribution in [2.45, 2.75) is 32.6 Å². The first-order valence-electron chi connectivity index (χ1n) is 6.46. The van der Waals surface area contributed by atoms with Crippen LogP contribution in [-0.2, 0) is 0 Å². The van der Waals surface area contributed by atoms with Crippen molar-refractivity contribution in [1.29, 1.82) is 0 Å². The zero-order valence-electron chi connectivity index (χ0n) is 10.4. The third-order valence-electron chi connectivity index (χ3n) is 2.82. The Morgan fingerprint density at radius 3 is 2.71 bits per heavy atom. The molecule has 0 saturated carbocycles. The Morgan fingerprint density at radius 1 is 1.18 bits per heavy atom. The van der Waals surface area contributed by atoms with Crippen LogP contribution >= 0.6 is 0 Å². The predicted octanol–water partition coefficient (Wildman–Crippen LogP) is 2.11. The highest BCUT2D eigenvalue weighted by Gasteiger charge is 2.10. The predicted molar refractivity (Wildman–Crippen MR) is 69.9 cm³/mol. The molecule has 1 aliphatic rings. The molecule has 1 aromatic heterocycles. The summed E-state index contributed by atoms with van der Waals surface area (Å²) < 4.78 is 0. The summed E-state index contributed by atoms with van der Waals surface area (Å²) in [5.74, 6) is 1.67. The molecule has 0 aliphatic carbocycles. The van der Waals surface area contributed by atoms with Gasteiger partial charge < -0.3 is 10.7 Å². The van der Waals surface area contributed by atoms with Gasteiger partial charge in [0.2, 0.25) is 0 Å². The van der Waals surface area contributed by atoms with Gasteiger partial charge in [-0.25, -0.2) is 9.99 Å². The Hall–Kier alpha value is -1.36. The number of piperidine rings is 1. The lowest BCUT2D eigenvalue weighted by atomic mass is 10.2. The molecule has 0 spiro atoms. The van der Waals surface area contributed by atoms with Gasteiger partial charge in [0.15, 0.2) is 5.82 Å². The second-order valence-corrected chi connectivity index (χ2v) is 4.38. The number of nitrogens with one attached hydrogen (secondary N) is 2. The molecule has 0 radical (unpaired) electrons. The van der Waals surface area contributed by atoms with Crippen LogP contribution in [0.15, 0.2) is 12.4 Å². The Bertz CT molecular complexity index is 335. The van der Waals surface area contributed by atoms with Crippen LogP contribution in [0.3, 0.4) is 0 Å². The number of hydrogen-bond donors (Lipinski definition) is 2. The molecule has 0 bridgehead atoms. The first kappa shape index (κ1) is 12.1. The molecule has 0 aromatic carbocycles. The molecule has 94 valence electrons. The van der Waals surface area contributed by atoms with Crippen LogP contribution in [0.5, 0.6) is 0 Å². The summed E-state index contributed by atoms with van der Waals surface area (Å²) in [7, 11) is 0. The van der Waals surface area contributed by atoms with Crippen molar-refractivity contribution in [3.63, 3.8) is 0 Å². The summed E-state index contributed by atoms with van der Waals surface area (Å²) >= 11 is 0. The van der Waals surface area contributed by atoms with E-state index in [1.807, 2.05) is 0 Å². The summed E-state index contributed by atoms with van der Waals surface area (Å²) in [5, 5.41) is 5.46. The van der Waals surface area contributed by atoms with E-state index in [0.717, 1.165) is 37.7 Å². The van der Waals surface area contributed by atoms with Gasteiger partial charge in [-0.2, -0.15) is 0 Å². The first-order chi connectivity index (χ1) is 8.38. The molecule has 2 rings (SSSR count). The van der Waals surface area contributed by atoms with E-state index in [-0.39, 0.29) is 0 Å². The highest BCUT2D eigenvalue weighted by atomic mass is 15.5. The van der Waals surface area contributed by atoms with E-state index in [4.69, 9.17) is 0 Å². The molecule has 1 fully saturated rings. The number of hydrogen-bond acceptors (Lipinski definition) is 5. The maximum Gasteiger partial charge on any atom is 0.161 e. The van der Waals surface area contributed by atoms with Crippen LogP contribution in [0.1, 0.15) is 32.6 Å². The van der Waals surface area contributed by atoms with Crippen molar-refractivity contribution in [3.8, 4) is 0 Å². The average molecular weight is 235 g/mol. The quantitative estimate of drug-likeness (QED) is 0.818. The molecule has 17 heavy (non-hydrogen) atoms. The summed E-state index contributed by atoms with van der Waals surface area (Å²) in [4.78, 5) is 8.67. The van der Waals surface area contributed by atoms with Gasteiger partial charge >= 0.3 is 0 Å². The molecule has 1 saturated heterocycles. The molecule has 1 aliphatic heterocycles. The standard InChI is InChI=1S/C12H21N5/c1-2-6-14-11-9-13-10-12(15-11)16-17-7-4-3-5-8-17/h9-10H,2-8H2,1H3,(H2,14,15,16). The number of nitrogens with zero attached hydrogens (tertiary/aromatic N) is 3. The molecule has 0 atom stereocenters. The SMILES string of the molecule is CCCNc1cncc(NN2CCCCC2)n1. The third-order valence-corrected chi connectivity index (χ3v) is 2.82. The molecule has 0 amide bonds. The van der Waals surface area contributed by atoms with Gasteiger partial charge in [0.25, 0.3) is 0 Å². The van der Waals surface area contributed by atoms with Crippen LogP contribution in [0.2, 0.25) is 0 Å². The van der Waals surface area contributed by atoms with Crippen LogP contribution in [0, 0.1) is 0 Å². The highest BCUT2D eigenvalue weighted by Crippen LogP contribution is 2.12. The van der Waals surface area contributed by atoms with Crippen LogP contribution in [-0.4, -0.2) is 34.6 Å². The first-order valence-corrected chi connectivity index (χ1v) is 6.46. The third kappa shape index (κ3) is 3.85. The summed E-state index contributed by atoms with van der Waals surface area (Å²) in [5.41, 5.74) is 3.32. The summed E-state index contributed by atoms with van der Waals surface area (Å²) in [6, 6.07) is 0. The fourth-order valence-electron chi connectivity index (χ4n) is 1.93. The second-order valence-electron chi connectivity index (χ2n) is 4.38. The Balaban J connectivity index is 1.90. The molecule has 2 heterocycles. The average Bonchev–Trinajstić information content (AvgIpc) is 2.38. The summed E-state index contributed by atoms with van der Waals surface area (Å²) in [6.07, 6.45) is 8.47. The zero-order chi connectivity index (χ0) is 11.9. The van der Waals surface area contributed by atoms with E-state index in [0.29, 0.717) is 0 Å². The van der Waals surface area contributed by atoms with Crippen molar-refractivity contribution >= 4 is 11.6 Å². The highest BCUT2D eigenvalue weighted by molar-refractivity contribution is 5.40. The van der Waals surface area contributed by atoms with Gasteiger partial charge in [0.05, 0.1) is 12.4 Å². The van der Waals surface area contributed by atoms with Crippen molar-refractivity contribution in [1.82, 2.24) is 15.0 Å². The monoisotopic (exact) mass is 235 g/mol. The molecule has 1 aromatic rings. The van der Waals surface area contributed by atoms with E-state index in [2.05, 4.69) is 32.6 Å². The zero-order valence-corrected chi connectivity index (χ0v) is 10.4. The van der Waals surface area contributed by atoms with Crippen molar-refractivity contribution in [2.24, 2.45) is 0 Å². The number of aromatic nitrogens is 2. The molecule has 0 unspecified atom stereocenters. The summed E-state index contributed by atoms with van der Waals surface area (Å²) in [6.45, 7) is 5.25. The minimum Gasteiger partial charge on any atom is -0.369 e. The Kier molecular flexibility index (Phi) is 4.55. The Labute approximate surface area is 103 Å². The fourth-order valence-corrected chi connectivity index (χ4v) is 1.93. The number of rotatable bonds is 5. The minimum absolute atomic E-state index is 0.827. The van der Waals surface area contributed by atoms with Crippen molar-refractivity contribution in [3.05, 3.63) is 12.4 Å². The molecular formula is C12H21N5. The van der Waals surface area contributed by atoms with Crippen molar-refractivity contribution in [2.75, 3.05) is 30.4 Å². The lowest BCUT2D eigenvalue weighted by Gasteiger charge is -2.27. The van der Waals surface area contributed by atoms with E-state index in [9.17, 15) is 0 Å². The second kappa shape index (κ2) is 6.39. The van der Waals surface area contributed by atoms with Gasteiger partial charge in [-0.15, -0.1) is 0 Å². The largest absolute Gasteiger partial charge is 0.369 e. The van der Waals surface area contributed by atoms with Gasteiger partial charge in [-0.3, -0.25) is 4.98 Å². The maximum atomic E-state index is 4.48. The minimum atomic E-state index is 0.827. The molecule has 5 heteroatoms.